The second kappa shape index (κ2) is 16.9. The summed E-state index contributed by atoms with van der Waals surface area (Å²) in [5.41, 5.74) is 5.91. The van der Waals surface area contributed by atoms with E-state index in [1.54, 1.807) is 17.4 Å². The van der Waals surface area contributed by atoms with E-state index in [1.807, 2.05) is 87.5 Å². The van der Waals surface area contributed by atoms with Crippen LogP contribution in [0.4, 0.5) is 9.59 Å². The first-order valence-corrected chi connectivity index (χ1v) is 16.8. The van der Waals surface area contributed by atoms with Crippen LogP contribution in [-0.2, 0) is 36.7 Å². The number of carbonyl (C=O) groups excluding carboxylic acids is 3. The normalized spacial score (nSPS) is 20.3. The summed E-state index contributed by atoms with van der Waals surface area (Å²) >= 11 is 0. The van der Waals surface area contributed by atoms with E-state index in [1.165, 1.54) is 7.11 Å². The van der Waals surface area contributed by atoms with Gasteiger partial charge in [0.15, 0.2) is 6.29 Å². The zero-order valence-electron chi connectivity index (χ0n) is 28.9. The Hall–Kier alpha value is -4.56. The van der Waals surface area contributed by atoms with Gasteiger partial charge in [-0.15, -0.1) is 0 Å². The van der Waals surface area contributed by atoms with Gasteiger partial charge in [0, 0.05) is 25.5 Å². The molecule has 0 saturated carbocycles. The molecule has 0 bridgehead atoms. The molecule has 2 aromatic carbocycles. The first kappa shape index (κ1) is 36.7. The van der Waals surface area contributed by atoms with E-state index in [0.29, 0.717) is 6.61 Å². The van der Waals surface area contributed by atoms with E-state index >= 15 is 0 Å². The molecule has 50 heavy (non-hydrogen) atoms. The van der Waals surface area contributed by atoms with Crippen LogP contribution >= 0.6 is 0 Å². The molecule has 3 aromatic rings. The number of benzene rings is 2. The van der Waals surface area contributed by atoms with Crippen molar-refractivity contribution in [3.05, 3.63) is 90.3 Å². The van der Waals surface area contributed by atoms with Crippen molar-refractivity contribution in [2.24, 2.45) is 11.3 Å². The molecule has 268 valence electrons. The van der Waals surface area contributed by atoms with Gasteiger partial charge in [0.1, 0.15) is 12.1 Å². The molecule has 0 aliphatic carbocycles. The summed E-state index contributed by atoms with van der Waals surface area (Å²) < 4.78 is 21.8. The lowest BCUT2D eigenvalue weighted by Crippen LogP contribution is -2.59. The van der Waals surface area contributed by atoms with Crippen molar-refractivity contribution in [2.45, 2.75) is 70.7 Å². The summed E-state index contributed by atoms with van der Waals surface area (Å²) in [6.45, 7) is 6.41. The molecule has 3 heterocycles. The van der Waals surface area contributed by atoms with Crippen LogP contribution in [0.3, 0.4) is 0 Å². The first-order valence-electron chi connectivity index (χ1n) is 16.8. The minimum absolute atomic E-state index is 0.0462. The van der Waals surface area contributed by atoms with Crippen molar-refractivity contribution in [3.8, 4) is 11.1 Å². The molecule has 0 spiro atoms. The third kappa shape index (κ3) is 10.0. The van der Waals surface area contributed by atoms with Crippen molar-refractivity contribution in [2.75, 3.05) is 26.9 Å². The predicted molar refractivity (Wildman–Crippen MR) is 184 cm³/mol. The van der Waals surface area contributed by atoms with Gasteiger partial charge in [-0.05, 0) is 46.6 Å². The molecule has 3 amide bonds. The third-order valence-electron chi connectivity index (χ3n) is 8.88. The number of fused-ring (bicyclic) bond motifs is 1. The maximum Gasteiger partial charge on any atom is 0.407 e. The van der Waals surface area contributed by atoms with E-state index < -0.39 is 47.8 Å². The van der Waals surface area contributed by atoms with Crippen molar-refractivity contribution in [1.82, 2.24) is 26.1 Å². The molecule has 13 nitrogen and oxygen atoms in total. The number of alkyl carbamates (subject to hydrolysis) is 2. The van der Waals surface area contributed by atoms with Gasteiger partial charge < -0.3 is 34.7 Å². The van der Waals surface area contributed by atoms with E-state index in [2.05, 4.69) is 21.0 Å². The summed E-state index contributed by atoms with van der Waals surface area (Å²) in [5.74, 6) is -0.536. The highest BCUT2D eigenvalue weighted by Gasteiger charge is 2.44. The number of pyridine rings is 1. The fraction of sp³-hybridized carbons (Fsp3) is 0.459. The minimum atomic E-state index is -1.17. The van der Waals surface area contributed by atoms with Gasteiger partial charge in [-0.1, -0.05) is 81.4 Å². The molecule has 2 fully saturated rings. The number of carbonyl (C=O) groups is 3. The Morgan fingerprint density at radius 3 is 2.40 bits per heavy atom. The Morgan fingerprint density at radius 1 is 0.960 bits per heavy atom. The smallest absolute Gasteiger partial charge is 0.407 e. The number of hydrazine groups is 1. The Kier molecular flexibility index (Phi) is 12.4. The highest BCUT2D eigenvalue weighted by molar-refractivity contribution is 5.86. The van der Waals surface area contributed by atoms with Gasteiger partial charge in [-0.3, -0.25) is 15.2 Å². The molecule has 2 aliphatic rings. The maximum atomic E-state index is 13.7. The Labute approximate surface area is 292 Å². The second-order valence-electron chi connectivity index (χ2n) is 13.7. The van der Waals surface area contributed by atoms with Gasteiger partial charge in [0.05, 0.1) is 38.4 Å². The van der Waals surface area contributed by atoms with E-state index in [9.17, 15) is 19.5 Å². The van der Waals surface area contributed by atoms with Crippen LogP contribution in [0.5, 0.6) is 0 Å². The molecule has 0 radical (unpaired) electrons. The van der Waals surface area contributed by atoms with Crippen LogP contribution in [0.1, 0.15) is 38.3 Å². The average Bonchev–Trinajstić information content (AvgIpc) is 3.72. The van der Waals surface area contributed by atoms with Crippen LogP contribution in [0.15, 0.2) is 79.1 Å². The topological polar surface area (TPSA) is 161 Å². The van der Waals surface area contributed by atoms with E-state index in [0.717, 1.165) is 28.7 Å². The molecular weight excluding hydrogens is 642 g/mol. The van der Waals surface area contributed by atoms with Crippen molar-refractivity contribution >= 4 is 18.1 Å². The van der Waals surface area contributed by atoms with Crippen LogP contribution in [0.2, 0.25) is 0 Å². The number of amides is 3. The van der Waals surface area contributed by atoms with Crippen LogP contribution < -0.4 is 16.1 Å². The number of methoxy groups -OCH3 is 1. The highest BCUT2D eigenvalue weighted by Crippen LogP contribution is 2.33. The van der Waals surface area contributed by atoms with E-state index in [4.69, 9.17) is 18.9 Å². The predicted octanol–water partition coefficient (Wildman–Crippen LogP) is 3.81. The summed E-state index contributed by atoms with van der Waals surface area (Å²) in [4.78, 5) is 43.3. The number of aromatic nitrogens is 1. The van der Waals surface area contributed by atoms with Gasteiger partial charge >= 0.3 is 12.2 Å². The Morgan fingerprint density at radius 2 is 1.72 bits per heavy atom. The SMILES string of the molecule is COC(=O)NC(C(=O)NN(Cc1ccccc1)CC(O)C(Cc1ccc(-c2cccnc2)cc1)NC(=O)OC1COC2OCCC12)C(C)(C)C. The van der Waals surface area contributed by atoms with Gasteiger partial charge in [-0.2, -0.15) is 0 Å². The molecule has 6 unspecified atom stereocenters. The van der Waals surface area contributed by atoms with Gasteiger partial charge in [0.2, 0.25) is 0 Å². The van der Waals surface area contributed by atoms with Crippen LogP contribution in [0, 0.1) is 11.3 Å². The summed E-state index contributed by atoms with van der Waals surface area (Å²) in [5, 5.41) is 18.9. The molecule has 2 saturated heterocycles. The zero-order chi connectivity index (χ0) is 35.7. The molecule has 4 N–H and O–H groups in total. The number of hydrogen-bond acceptors (Lipinski definition) is 10. The number of rotatable bonds is 13. The average molecular weight is 690 g/mol. The van der Waals surface area contributed by atoms with Crippen molar-refractivity contribution in [1.29, 1.82) is 0 Å². The lowest BCUT2D eigenvalue weighted by atomic mass is 9.86. The number of aliphatic hydroxyl groups is 1. The minimum Gasteiger partial charge on any atom is -0.453 e. The number of hydrogen-bond donors (Lipinski definition) is 4. The number of aliphatic hydroxyl groups excluding tert-OH is 1. The quantitative estimate of drug-likeness (QED) is 0.194. The molecular formula is C37H47N5O8. The zero-order valence-corrected chi connectivity index (χ0v) is 28.9. The van der Waals surface area contributed by atoms with Crippen molar-refractivity contribution < 1.29 is 38.4 Å². The highest BCUT2D eigenvalue weighted by atomic mass is 16.7. The maximum absolute atomic E-state index is 13.7. The Bertz CT molecular complexity index is 1550. The first-order chi connectivity index (χ1) is 24.0. The Balaban J connectivity index is 1.35. The van der Waals surface area contributed by atoms with Crippen LogP contribution in [0.25, 0.3) is 11.1 Å². The summed E-state index contributed by atoms with van der Waals surface area (Å²) in [6, 6.07) is 19.3. The fourth-order valence-electron chi connectivity index (χ4n) is 6.15. The second-order valence-corrected chi connectivity index (χ2v) is 13.7. The van der Waals surface area contributed by atoms with Gasteiger partial charge in [0.25, 0.3) is 5.91 Å². The molecule has 1 aromatic heterocycles. The molecule has 2 aliphatic heterocycles. The summed E-state index contributed by atoms with van der Waals surface area (Å²) in [6.07, 6.45) is 1.05. The number of nitrogens with zero attached hydrogens (tertiary/aromatic N) is 2. The number of ether oxygens (including phenoxy) is 4. The lowest BCUT2D eigenvalue weighted by Gasteiger charge is -2.34. The molecule has 5 rings (SSSR count). The van der Waals surface area contributed by atoms with Gasteiger partial charge in [-0.25, -0.2) is 14.6 Å². The molecule has 13 heteroatoms. The summed E-state index contributed by atoms with van der Waals surface area (Å²) in [7, 11) is 1.23. The van der Waals surface area contributed by atoms with Crippen molar-refractivity contribution in [3.63, 3.8) is 0 Å². The lowest BCUT2D eigenvalue weighted by molar-refractivity contribution is -0.131. The monoisotopic (exact) mass is 689 g/mol. The largest absolute Gasteiger partial charge is 0.453 e. The number of nitrogens with one attached hydrogen (secondary N) is 3. The third-order valence-corrected chi connectivity index (χ3v) is 8.88. The van der Waals surface area contributed by atoms with E-state index in [-0.39, 0.29) is 38.3 Å². The molecule has 6 atom stereocenters. The fourth-order valence-corrected chi connectivity index (χ4v) is 6.15. The standard InChI is InChI=1S/C37H47N5O8/c1-37(2,3)32(40-35(45)47-4)33(44)41-42(21-25-9-6-5-7-10-25)22-30(43)29(39-36(46)50-31-23-49-34-28(31)16-18-48-34)19-24-12-14-26(15-13-24)27-11-8-17-38-20-27/h5-15,17,20,28-32,34,43H,16,18-19,21-23H2,1-4H3,(H,39,46)(H,40,45)(H,41,44). The van der Waals surface area contributed by atoms with Crippen LogP contribution in [-0.4, -0.2) is 90.6 Å².